The minimum Gasteiger partial charge on any atom is -0.507 e. The van der Waals surface area contributed by atoms with Crippen LogP contribution < -0.4 is 4.74 Å². The van der Waals surface area contributed by atoms with Crippen molar-refractivity contribution >= 4 is 17.4 Å². The molecule has 0 bridgehead atoms. The van der Waals surface area contributed by atoms with Gasteiger partial charge in [-0.15, -0.1) is 0 Å². The van der Waals surface area contributed by atoms with E-state index in [9.17, 15) is 14.7 Å². The molecule has 1 heterocycles. The highest BCUT2D eigenvalue weighted by Crippen LogP contribution is 2.39. The summed E-state index contributed by atoms with van der Waals surface area (Å²) in [5.74, 6) is -0.701. The van der Waals surface area contributed by atoms with Crippen LogP contribution in [0, 0.1) is 6.92 Å². The van der Waals surface area contributed by atoms with E-state index in [0.717, 1.165) is 24.1 Å². The van der Waals surface area contributed by atoms with Gasteiger partial charge in [0.1, 0.15) is 11.5 Å². The standard InChI is InChI=1S/C24H28N2O4/c1-16-15-18(11-12-19(16)30-4)22(27)20-21(17-9-6-5-7-10-17)26(24(29)23(20)28)14-8-13-25(2)3/h5-7,9-12,15,21,27H,8,13-14H2,1-4H3/b22-20-. The topological polar surface area (TPSA) is 70.1 Å². The Morgan fingerprint density at radius 2 is 1.83 bits per heavy atom. The minimum atomic E-state index is -0.653. The molecule has 1 atom stereocenters. The molecule has 1 N–H and O–H groups in total. The first-order valence-electron chi connectivity index (χ1n) is 9.98. The van der Waals surface area contributed by atoms with Crippen LogP contribution in [-0.4, -0.2) is 60.9 Å². The number of aliphatic hydroxyl groups excluding tert-OH is 1. The number of aryl methyl sites for hydroxylation is 1. The Hall–Kier alpha value is -3.12. The van der Waals surface area contributed by atoms with Crippen LogP contribution in [0.15, 0.2) is 54.1 Å². The van der Waals surface area contributed by atoms with Crippen molar-refractivity contribution in [2.24, 2.45) is 0 Å². The summed E-state index contributed by atoms with van der Waals surface area (Å²) in [5.41, 5.74) is 2.24. The molecule has 1 saturated heterocycles. The molecule has 0 aromatic heterocycles. The number of methoxy groups -OCH3 is 1. The summed E-state index contributed by atoms with van der Waals surface area (Å²) in [5, 5.41) is 11.1. The van der Waals surface area contributed by atoms with Crippen molar-refractivity contribution in [1.29, 1.82) is 0 Å². The van der Waals surface area contributed by atoms with Crippen LogP contribution >= 0.6 is 0 Å². The number of carbonyl (C=O) groups is 2. The SMILES string of the molecule is COc1ccc(/C(O)=C2/C(=O)C(=O)N(CCCN(C)C)C2c2ccccc2)cc1C. The maximum absolute atomic E-state index is 13.0. The third kappa shape index (κ3) is 4.24. The first-order valence-corrected chi connectivity index (χ1v) is 9.98. The van der Waals surface area contributed by atoms with Crippen LogP contribution in [0.1, 0.15) is 29.2 Å². The van der Waals surface area contributed by atoms with E-state index in [2.05, 4.69) is 0 Å². The summed E-state index contributed by atoms with van der Waals surface area (Å²) in [6.45, 7) is 3.09. The van der Waals surface area contributed by atoms with E-state index in [1.807, 2.05) is 56.3 Å². The molecule has 0 spiro atoms. The highest BCUT2D eigenvalue weighted by Gasteiger charge is 2.45. The van der Waals surface area contributed by atoms with Gasteiger partial charge in [-0.2, -0.15) is 0 Å². The average molecular weight is 408 g/mol. The maximum Gasteiger partial charge on any atom is 0.295 e. The molecule has 1 fully saturated rings. The average Bonchev–Trinajstić information content (AvgIpc) is 2.98. The van der Waals surface area contributed by atoms with Gasteiger partial charge in [0, 0.05) is 12.1 Å². The van der Waals surface area contributed by atoms with Gasteiger partial charge in [0.05, 0.1) is 18.7 Å². The minimum absolute atomic E-state index is 0.126. The van der Waals surface area contributed by atoms with Gasteiger partial charge in [-0.05, 0) is 63.3 Å². The first-order chi connectivity index (χ1) is 14.3. The number of aliphatic hydroxyl groups is 1. The molecule has 1 unspecified atom stereocenters. The lowest BCUT2D eigenvalue weighted by Gasteiger charge is -2.26. The zero-order valence-electron chi connectivity index (χ0n) is 17.9. The van der Waals surface area contributed by atoms with Crippen LogP contribution in [0.2, 0.25) is 0 Å². The number of nitrogens with zero attached hydrogens (tertiary/aromatic N) is 2. The summed E-state index contributed by atoms with van der Waals surface area (Å²) < 4.78 is 5.28. The van der Waals surface area contributed by atoms with Crippen molar-refractivity contribution in [1.82, 2.24) is 9.80 Å². The van der Waals surface area contributed by atoms with Gasteiger partial charge in [0.2, 0.25) is 0 Å². The molecule has 0 saturated carbocycles. The van der Waals surface area contributed by atoms with E-state index in [-0.39, 0.29) is 11.3 Å². The van der Waals surface area contributed by atoms with Gasteiger partial charge >= 0.3 is 0 Å². The largest absolute Gasteiger partial charge is 0.507 e. The van der Waals surface area contributed by atoms with Crippen molar-refractivity contribution in [2.45, 2.75) is 19.4 Å². The third-order valence-electron chi connectivity index (χ3n) is 5.33. The number of amides is 1. The molecule has 2 aromatic carbocycles. The van der Waals surface area contributed by atoms with Crippen LogP contribution in [-0.2, 0) is 9.59 Å². The van der Waals surface area contributed by atoms with Crippen molar-refractivity contribution < 1.29 is 19.4 Å². The molecule has 0 radical (unpaired) electrons. The Morgan fingerprint density at radius 1 is 1.13 bits per heavy atom. The summed E-state index contributed by atoms with van der Waals surface area (Å²) in [6.07, 6.45) is 0.727. The van der Waals surface area contributed by atoms with Gasteiger partial charge in [-0.3, -0.25) is 9.59 Å². The van der Waals surface area contributed by atoms with Gasteiger partial charge in [0.25, 0.3) is 11.7 Å². The van der Waals surface area contributed by atoms with E-state index >= 15 is 0 Å². The van der Waals surface area contributed by atoms with E-state index in [4.69, 9.17) is 4.74 Å². The van der Waals surface area contributed by atoms with Crippen LogP contribution in [0.5, 0.6) is 5.75 Å². The van der Waals surface area contributed by atoms with E-state index < -0.39 is 17.7 Å². The summed E-state index contributed by atoms with van der Waals surface area (Å²) in [6, 6.07) is 14.0. The predicted octanol–water partition coefficient (Wildman–Crippen LogP) is 3.38. The van der Waals surface area contributed by atoms with Crippen LogP contribution in [0.4, 0.5) is 0 Å². The molecule has 6 heteroatoms. The van der Waals surface area contributed by atoms with Crippen molar-refractivity contribution in [3.05, 3.63) is 70.8 Å². The quantitative estimate of drug-likeness (QED) is 0.432. The highest BCUT2D eigenvalue weighted by molar-refractivity contribution is 6.46. The number of benzene rings is 2. The zero-order valence-corrected chi connectivity index (χ0v) is 17.9. The number of ether oxygens (including phenoxy) is 1. The lowest BCUT2D eigenvalue weighted by molar-refractivity contribution is -0.139. The van der Waals surface area contributed by atoms with Crippen molar-refractivity contribution in [3.8, 4) is 5.75 Å². The Morgan fingerprint density at radius 3 is 2.43 bits per heavy atom. The molecule has 30 heavy (non-hydrogen) atoms. The smallest absolute Gasteiger partial charge is 0.295 e. The van der Waals surface area contributed by atoms with Crippen molar-refractivity contribution in [2.75, 3.05) is 34.3 Å². The summed E-state index contributed by atoms with van der Waals surface area (Å²) in [7, 11) is 5.51. The first kappa shape index (κ1) is 21.6. The third-order valence-corrected chi connectivity index (χ3v) is 5.33. The Kier molecular flexibility index (Phi) is 6.57. The number of hydrogen-bond donors (Lipinski definition) is 1. The Balaban J connectivity index is 2.08. The molecular formula is C24H28N2O4. The van der Waals surface area contributed by atoms with E-state index in [1.165, 1.54) is 0 Å². The summed E-state index contributed by atoms with van der Waals surface area (Å²) >= 11 is 0. The molecule has 6 nitrogen and oxygen atoms in total. The molecule has 158 valence electrons. The Bertz CT molecular complexity index is 966. The van der Waals surface area contributed by atoms with E-state index in [1.54, 1.807) is 30.2 Å². The summed E-state index contributed by atoms with van der Waals surface area (Å²) in [4.78, 5) is 29.5. The molecular weight excluding hydrogens is 380 g/mol. The second kappa shape index (κ2) is 9.13. The molecule has 1 aliphatic rings. The number of likely N-dealkylation sites (tertiary alicyclic amines) is 1. The second-order valence-corrected chi connectivity index (χ2v) is 7.74. The number of carbonyl (C=O) groups excluding carboxylic acids is 2. The number of Topliss-reactive ketones (excluding diaryl/α,β-unsaturated/α-hetero) is 1. The number of rotatable bonds is 7. The fourth-order valence-electron chi connectivity index (χ4n) is 3.83. The van der Waals surface area contributed by atoms with Crippen LogP contribution in [0.3, 0.4) is 0 Å². The lowest BCUT2D eigenvalue weighted by atomic mass is 9.95. The lowest BCUT2D eigenvalue weighted by Crippen LogP contribution is -2.32. The molecule has 2 aromatic rings. The van der Waals surface area contributed by atoms with Crippen molar-refractivity contribution in [3.63, 3.8) is 0 Å². The molecule has 1 aliphatic heterocycles. The number of ketones is 1. The van der Waals surface area contributed by atoms with E-state index in [0.29, 0.717) is 17.9 Å². The predicted molar refractivity (Wildman–Crippen MR) is 116 cm³/mol. The fourth-order valence-corrected chi connectivity index (χ4v) is 3.83. The monoisotopic (exact) mass is 408 g/mol. The Labute approximate surface area is 177 Å². The maximum atomic E-state index is 13.0. The second-order valence-electron chi connectivity index (χ2n) is 7.74. The normalized spacial score (nSPS) is 18.3. The highest BCUT2D eigenvalue weighted by atomic mass is 16.5. The molecule has 3 rings (SSSR count). The van der Waals surface area contributed by atoms with Gasteiger partial charge in [-0.25, -0.2) is 0 Å². The van der Waals surface area contributed by atoms with Gasteiger partial charge in [-0.1, -0.05) is 30.3 Å². The van der Waals surface area contributed by atoms with Gasteiger partial charge < -0.3 is 19.6 Å². The molecule has 1 amide bonds. The van der Waals surface area contributed by atoms with Crippen LogP contribution in [0.25, 0.3) is 5.76 Å². The fraction of sp³-hybridized carbons (Fsp3) is 0.333. The van der Waals surface area contributed by atoms with Gasteiger partial charge in [0.15, 0.2) is 0 Å². The molecule has 0 aliphatic carbocycles. The number of hydrogen-bond acceptors (Lipinski definition) is 5. The zero-order chi connectivity index (χ0) is 21.8.